The van der Waals surface area contributed by atoms with Gasteiger partial charge in [-0.25, -0.2) is 4.98 Å². The van der Waals surface area contributed by atoms with Crippen LogP contribution in [-0.2, 0) is 17.7 Å². The Balaban J connectivity index is 1.55. The predicted molar refractivity (Wildman–Crippen MR) is 114 cm³/mol. The first kappa shape index (κ1) is 21.0. The highest BCUT2D eigenvalue weighted by Gasteiger charge is 2.20. The zero-order valence-electron chi connectivity index (χ0n) is 17.5. The number of rotatable bonds is 9. The molecular weight excluding hydrogens is 368 g/mol. The number of piperazine rings is 1. The van der Waals surface area contributed by atoms with E-state index in [1.807, 2.05) is 18.3 Å². The van der Waals surface area contributed by atoms with Crippen LogP contribution in [0, 0.1) is 0 Å². The van der Waals surface area contributed by atoms with Crippen molar-refractivity contribution in [2.45, 2.75) is 26.3 Å². The lowest BCUT2D eigenvalue weighted by Gasteiger charge is -2.37. The van der Waals surface area contributed by atoms with Gasteiger partial charge in [0.25, 0.3) is 0 Å². The van der Waals surface area contributed by atoms with E-state index in [1.165, 1.54) is 0 Å². The molecule has 158 valence electrons. The van der Waals surface area contributed by atoms with Crippen molar-refractivity contribution in [3.05, 3.63) is 36.5 Å². The maximum absolute atomic E-state index is 5.15. The van der Waals surface area contributed by atoms with Gasteiger partial charge in [0.05, 0.1) is 0 Å². The van der Waals surface area contributed by atoms with Crippen molar-refractivity contribution in [3.63, 3.8) is 0 Å². The molecule has 9 nitrogen and oxygen atoms in total. The van der Waals surface area contributed by atoms with Gasteiger partial charge in [0.1, 0.15) is 18.0 Å². The Hall–Kier alpha value is -2.68. The van der Waals surface area contributed by atoms with Gasteiger partial charge < -0.3 is 24.4 Å². The molecule has 0 unspecified atom stereocenters. The number of pyridine rings is 1. The summed E-state index contributed by atoms with van der Waals surface area (Å²) in [5.41, 5.74) is 0. The fourth-order valence-electron chi connectivity index (χ4n) is 3.38. The second-order valence-electron chi connectivity index (χ2n) is 6.93. The highest BCUT2D eigenvalue weighted by atomic mass is 16.5. The van der Waals surface area contributed by atoms with E-state index in [2.05, 4.69) is 47.9 Å². The largest absolute Gasteiger partial charge is 0.385 e. The molecule has 2 aromatic heterocycles. The van der Waals surface area contributed by atoms with Gasteiger partial charge in [-0.1, -0.05) is 13.0 Å². The van der Waals surface area contributed by atoms with E-state index in [1.54, 1.807) is 13.4 Å². The highest BCUT2D eigenvalue weighted by molar-refractivity contribution is 5.80. The van der Waals surface area contributed by atoms with Gasteiger partial charge in [0.2, 0.25) is 0 Å². The maximum Gasteiger partial charge on any atom is 0.194 e. The monoisotopic (exact) mass is 400 g/mol. The van der Waals surface area contributed by atoms with Crippen LogP contribution >= 0.6 is 0 Å². The lowest BCUT2D eigenvalue weighted by molar-refractivity contribution is 0.197. The van der Waals surface area contributed by atoms with Crippen LogP contribution in [0.3, 0.4) is 0 Å². The van der Waals surface area contributed by atoms with Crippen molar-refractivity contribution in [1.29, 1.82) is 0 Å². The molecule has 2 aromatic rings. The summed E-state index contributed by atoms with van der Waals surface area (Å²) in [5.74, 6) is 3.01. The number of aryl methyl sites for hydroxylation is 1. The summed E-state index contributed by atoms with van der Waals surface area (Å²) >= 11 is 0. The van der Waals surface area contributed by atoms with Crippen molar-refractivity contribution >= 4 is 11.8 Å². The van der Waals surface area contributed by atoms with Crippen molar-refractivity contribution < 1.29 is 4.74 Å². The minimum atomic E-state index is 0.727. The molecule has 9 heteroatoms. The molecule has 3 heterocycles. The summed E-state index contributed by atoms with van der Waals surface area (Å²) in [6, 6.07) is 6.06. The Kier molecular flexibility index (Phi) is 8.24. The van der Waals surface area contributed by atoms with Gasteiger partial charge in [-0.05, 0) is 18.6 Å². The SMILES string of the molecule is CCc1nncn1CCNC(=NCCCOC)N1CCN(c2ccccn2)CC1. The first-order chi connectivity index (χ1) is 14.3. The Labute approximate surface area is 172 Å². The Bertz CT molecular complexity index is 740. The lowest BCUT2D eigenvalue weighted by atomic mass is 10.3. The number of aliphatic imine (C=N–C) groups is 1. The van der Waals surface area contributed by atoms with E-state index < -0.39 is 0 Å². The van der Waals surface area contributed by atoms with E-state index in [9.17, 15) is 0 Å². The summed E-state index contributed by atoms with van der Waals surface area (Å²) in [4.78, 5) is 13.9. The number of ether oxygens (including phenoxy) is 1. The zero-order valence-corrected chi connectivity index (χ0v) is 17.5. The molecule has 0 radical (unpaired) electrons. The third-order valence-electron chi connectivity index (χ3n) is 4.97. The van der Waals surface area contributed by atoms with E-state index in [0.717, 1.165) is 82.9 Å². The number of anilines is 1. The third kappa shape index (κ3) is 6.15. The standard InChI is InChI=1S/C20H32N8O/c1-3-18-25-24-17-28(18)11-10-23-20(22-9-6-16-29-2)27-14-12-26(13-15-27)19-7-4-5-8-21-19/h4-5,7-8,17H,3,6,9-16H2,1-2H3,(H,22,23). The molecule has 0 saturated carbocycles. The van der Waals surface area contributed by atoms with Crippen molar-refractivity contribution in [2.24, 2.45) is 4.99 Å². The molecule has 0 bridgehead atoms. The van der Waals surface area contributed by atoms with Gasteiger partial charge in [-0.15, -0.1) is 10.2 Å². The average Bonchev–Trinajstić information content (AvgIpc) is 3.24. The molecule has 1 aliphatic rings. The first-order valence-electron chi connectivity index (χ1n) is 10.4. The van der Waals surface area contributed by atoms with Gasteiger partial charge in [-0.3, -0.25) is 4.99 Å². The molecule has 1 saturated heterocycles. The molecule has 29 heavy (non-hydrogen) atoms. The molecule has 0 aromatic carbocycles. The number of methoxy groups -OCH3 is 1. The first-order valence-corrected chi connectivity index (χ1v) is 10.4. The van der Waals surface area contributed by atoms with Crippen LogP contribution in [0.5, 0.6) is 0 Å². The molecule has 1 N–H and O–H groups in total. The number of nitrogens with zero attached hydrogens (tertiary/aromatic N) is 7. The van der Waals surface area contributed by atoms with E-state index in [4.69, 9.17) is 9.73 Å². The van der Waals surface area contributed by atoms with Crippen LogP contribution in [0.4, 0.5) is 5.82 Å². The highest BCUT2D eigenvalue weighted by Crippen LogP contribution is 2.12. The Morgan fingerprint density at radius 1 is 1.24 bits per heavy atom. The fraction of sp³-hybridized carbons (Fsp3) is 0.600. The smallest absolute Gasteiger partial charge is 0.194 e. The van der Waals surface area contributed by atoms with Gasteiger partial charge >= 0.3 is 0 Å². The molecule has 3 rings (SSSR count). The topological polar surface area (TPSA) is 83.7 Å². The average molecular weight is 401 g/mol. The van der Waals surface area contributed by atoms with Crippen LogP contribution < -0.4 is 10.2 Å². The normalized spacial score (nSPS) is 15.0. The maximum atomic E-state index is 5.15. The number of hydrogen-bond donors (Lipinski definition) is 1. The molecular formula is C20H32N8O. The van der Waals surface area contributed by atoms with Crippen LogP contribution in [0.15, 0.2) is 35.7 Å². The predicted octanol–water partition coefficient (Wildman–Crippen LogP) is 1.04. The molecule has 1 aliphatic heterocycles. The lowest BCUT2D eigenvalue weighted by Crippen LogP contribution is -2.53. The summed E-state index contributed by atoms with van der Waals surface area (Å²) in [6.07, 6.45) is 5.44. The van der Waals surface area contributed by atoms with E-state index >= 15 is 0 Å². The van der Waals surface area contributed by atoms with Crippen molar-refractivity contribution in [2.75, 3.05) is 57.9 Å². The number of nitrogens with one attached hydrogen (secondary N) is 1. The van der Waals surface area contributed by atoms with Gasteiger partial charge in [0.15, 0.2) is 5.96 Å². The summed E-state index contributed by atoms with van der Waals surface area (Å²) in [5, 5.41) is 11.7. The minimum Gasteiger partial charge on any atom is -0.385 e. The third-order valence-corrected chi connectivity index (χ3v) is 4.97. The van der Waals surface area contributed by atoms with Crippen molar-refractivity contribution in [3.8, 4) is 0 Å². The number of aromatic nitrogens is 4. The fourth-order valence-corrected chi connectivity index (χ4v) is 3.38. The molecule has 0 atom stereocenters. The molecule has 1 fully saturated rings. The second kappa shape index (κ2) is 11.4. The van der Waals surface area contributed by atoms with Crippen LogP contribution in [0.2, 0.25) is 0 Å². The van der Waals surface area contributed by atoms with Gasteiger partial charge in [0, 0.05) is 72.1 Å². The zero-order chi connectivity index (χ0) is 20.3. The number of guanidine groups is 1. The summed E-state index contributed by atoms with van der Waals surface area (Å²) in [6.45, 7) is 8.88. The van der Waals surface area contributed by atoms with Crippen LogP contribution in [0.1, 0.15) is 19.2 Å². The van der Waals surface area contributed by atoms with E-state index in [0.29, 0.717) is 0 Å². The number of hydrogen-bond acceptors (Lipinski definition) is 6. The quantitative estimate of drug-likeness (QED) is 0.382. The molecule has 0 spiro atoms. The minimum absolute atomic E-state index is 0.727. The van der Waals surface area contributed by atoms with Crippen LogP contribution in [0.25, 0.3) is 0 Å². The summed E-state index contributed by atoms with van der Waals surface area (Å²) in [7, 11) is 1.73. The summed E-state index contributed by atoms with van der Waals surface area (Å²) < 4.78 is 7.25. The molecule has 0 aliphatic carbocycles. The van der Waals surface area contributed by atoms with Crippen LogP contribution in [-0.4, -0.2) is 83.6 Å². The van der Waals surface area contributed by atoms with Crippen molar-refractivity contribution in [1.82, 2.24) is 30.0 Å². The molecule has 0 amide bonds. The Morgan fingerprint density at radius 2 is 2.10 bits per heavy atom. The second-order valence-corrected chi connectivity index (χ2v) is 6.93. The van der Waals surface area contributed by atoms with E-state index in [-0.39, 0.29) is 0 Å². The Morgan fingerprint density at radius 3 is 2.83 bits per heavy atom. The van der Waals surface area contributed by atoms with Gasteiger partial charge in [-0.2, -0.15) is 0 Å².